The van der Waals surface area contributed by atoms with E-state index in [9.17, 15) is 24.4 Å². The Kier molecular flexibility index (Phi) is 5.70. The maximum absolute atomic E-state index is 11.8. The van der Waals surface area contributed by atoms with Gasteiger partial charge in [0.2, 0.25) is 0 Å². The molecule has 1 aliphatic rings. The van der Waals surface area contributed by atoms with E-state index in [0.717, 1.165) is 10.8 Å². The van der Waals surface area contributed by atoms with Crippen LogP contribution in [0.3, 0.4) is 0 Å². The van der Waals surface area contributed by atoms with E-state index in [-0.39, 0.29) is 5.56 Å². The maximum Gasteiger partial charge on any atom is 0.380 e. The fraction of sp³-hybridized carbons (Fsp3) is 0.600. The van der Waals surface area contributed by atoms with Crippen LogP contribution in [0.5, 0.6) is 0 Å². The molecular weight excluding hydrogens is 378 g/mol. The third-order valence-corrected chi connectivity index (χ3v) is 4.25. The Hall–Kier alpha value is -0.710. The maximum atomic E-state index is 11.8. The highest BCUT2D eigenvalue weighted by Gasteiger charge is 2.45. The molecule has 1 aromatic heterocycles. The fourth-order valence-electron chi connectivity index (χ4n) is 2.09. The van der Waals surface area contributed by atoms with Gasteiger partial charge in [0.1, 0.15) is 18.3 Å². The number of hydrogen-bond acceptors (Lipinski definition) is 8. The first-order valence-electron chi connectivity index (χ1n) is 6.24. The minimum atomic E-state index is -3.86. The SMILES string of the molecule is O=c1[nH]c(=O)n([C@@H]2O[C@H](COP(=O)(Cl)Cl)C(O)[C@@H]2O)cc1CO. The number of rotatable bonds is 5. The van der Waals surface area contributed by atoms with Crippen LogP contribution in [0.15, 0.2) is 15.8 Å². The molecule has 4 atom stereocenters. The number of nitrogens with zero attached hydrogens (tertiary/aromatic N) is 1. The van der Waals surface area contributed by atoms with E-state index >= 15 is 0 Å². The van der Waals surface area contributed by atoms with Crippen molar-refractivity contribution in [1.82, 2.24) is 9.55 Å². The van der Waals surface area contributed by atoms with E-state index in [1.54, 1.807) is 0 Å². The lowest BCUT2D eigenvalue weighted by Crippen LogP contribution is -2.38. The van der Waals surface area contributed by atoms with Crippen LogP contribution >= 0.6 is 28.6 Å². The van der Waals surface area contributed by atoms with Crippen LogP contribution in [0.1, 0.15) is 11.8 Å². The fourth-order valence-corrected chi connectivity index (χ4v) is 2.74. The van der Waals surface area contributed by atoms with Gasteiger partial charge in [0.25, 0.3) is 5.56 Å². The van der Waals surface area contributed by atoms with Gasteiger partial charge in [0.15, 0.2) is 6.23 Å². The normalized spacial score (nSPS) is 28.2. The number of ether oxygens (including phenoxy) is 1. The number of aromatic nitrogens is 2. The Bertz CT molecular complexity index is 730. The van der Waals surface area contributed by atoms with Crippen molar-refractivity contribution < 1.29 is 29.1 Å². The van der Waals surface area contributed by atoms with Gasteiger partial charge in [-0.15, -0.1) is 0 Å². The van der Waals surface area contributed by atoms with Crippen LogP contribution < -0.4 is 11.2 Å². The molecule has 10 nitrogen and oxygen atoms in total. The Balaban J connectivity index is 2.26. The first kappa shape index (κ1) is 18.6. The van der Waals surface area contributed by atoms with Crippen molar-refractivity contribution in [2.24, 2.45) is 0 Å². The molecule has 0 radical (unpaired) electrons. The van der Waals surface area contributed by atoms with Gasteiger partial charge in [0, 0.05) is 6.20 Å². The van der Waals surface area contributed by atoms with Gasteiger partial charge in [0.05, 0.1) is 18.8 Å². The first-order chi connectivity index (χ1) is 10.6. The smallest absolute Gasteiger partial charge is 0.380 e. The number of H-pyrrole nitrogens is 1. The molecule has 0 amide bonds. The molecule has 130 valence electrons. The van der Waals surface area contributed by atoms with Crippen LogP contribution in [0.2, 0.25) is 0 Å². The second-order valence-electron chi connectivity index (χ2n) is 4.74. The van der Waals surface area contributed by atoms with Crippen LogP contribution in [0, 0.1) is 0 Å². The van der Waals surface area contributed by atoms with Crippen molar-refractivity contribution in [2.75, 3.05) is 6.61 Å². The highest BCUT2D eigenvalue weighted by atomic mass is 35.9. The van der Waals surface area contributed by atoms with Crippen molar-refractivity contribution in [1.29, 1.82) is 0 Å². The van der Waals surface area contributed by atoms with Gasteiger partial charge >= 0.3 is 11.8 Å². The molecule has 1 unspecified atom stereocenters. The second-order valence-corrected chi connectivity index (χ2v) is 9.01. The van der Waals surface area contributed by atoms with E-state index in [1.807, 2.05) is 4.98 Å². The Morgan fingerprint density at radius 1 is 1.35 bits per heavy atom. The second kappa shape index (κ2) is 7.04. The third-order valence-electron chi connectivity index (χ3n) is 3.21. The summed E-state index contributed by atoms with van der Waals surface area (Å²) in [7, 11) is 0. The molecule has 1 saturated heterocycles. The summed E-state index contributed by atoms with van der Waals surface area (Å²) in [5.41, 5.74) is -1.84. The molecule has 4 N–H and O–H groups in total. The Morgan fingerprint density at radius 3 is 2.57 bits per heavy atom. The summed E-state index contributed by atoms with van der Waals surface area (Å²) in [4.78, 5) is 25.1. The van der Waals surface area contributed by atoms with E-state index in [0.29, 0.717) is 0 Å². The van der Waals surface area contributed by atoms with Gasteiger partial charge < -0.3 is 24.6 Å². The Labute approximate surface area is 138 Å². The quantitative estimate of drug-likeness (QED) is 0.479. The molecule has 0 aromatic carbocycles. The molecule has 0 aliphatic carbocycles. The molecular formula is C10H13Cl2N2O8P. The van der Waals surface area contributed by atoms with Gasteiger partial charge in [-0.1, -0.05) is 0 Å². The number of nitrogens with one attached hydrogen (secondary N) is 1. The summed E-state index contributed by atoms with van der Waals surface area (Å²) in [6, 6.07) is 0. The van der Waals surface area contributed by atoms with Crippen molar-refractivity contribution in [2.45, 2.75) is 31.1 Å². The van der Waals surface area contributed by atoms with Crippen molar-refractivity contribution in [3.63, 3.8) is 0 Å². The monoisotopic (exact) mass is 390 g/mol. The van der Waals surface area contributed by atoms with E-state index in [1.165, 1.54) is 0 Å². The van der Waals surface area contributed by atoms with Crippen molar-refractivity contribution in [3.8, 4) is 0 Å². The van der Waals surface area contributed by atoms with Gasteiger partial charge in [-0.05, 0) is 22.5 Å². The molecule has 13 heteroatoms. The van der Waals surface area contributed by atoms with Crippen molar-refractivity contribution in [3.05, 3.63) is 32.6 Å². The summed E-state index contributed by atoms with van der Waals surface area (Å²) in [5.74, 6) is 0. The molecule has 0 saturated carbocycles. The zero-order chi connectivity index (χ0) is 17.4. The minimum absolute atomic E-state index is 0.138. The highest BCUT2D eigenvalue weighted by Crippen LogP contribution is 2.57. The van der Waals surface area contributed by atoms with Crippen LogP contribution in [-0.2, 0) is 20.4 Å². The van der Waals surface area contributed by atoms with Gasteiger partial charge in [-0.2, -0.15) is 0 Å². The third kappa shape index (κ3) is 4.23. The zero-order valence-electron chi connectivity index (χ0n) is 11.3. The molecule has 1 aliphatic heterocycles. The Morgan fingerprint density at radius 2 is 2.00 bits per heavy atom. The predicted molar refractivity (Wildman–Crippen MR) is 78.4 cm³/mol. The number of hydrogen-bond donors (Lipinski definition) is 4. The topological polar surface area (TPSA) is 151 Å². The minimum Gasteiger partial charge on any atom is -0.391 e. The summed E-state index contributed by atoms with van der Waals surface area (Å²) in [6.07, 6.45) is -8.44. The lowest BCUT2D eigenvalue weighted by molar-refractivity contribution is -0.0509. The van der Waals surface area contributed by atoms with E-state index in [2.05, 4.69) is 4.52 Å². The first-order valence-corrected chi connectivity index (χ1v) is 9.68. The standard InChI is InChI=1S/C10H13Cl2N2O8P/c11-23(12,20)21-3-5-6(16)7(17)9(22-5)14-1-4(2-15)8(18)13-10(14)19/h1,5-7,9,15-17H,2-3H2,(H,13,18,19)/t5-,6?,7+,9-/m1/s1. The largest absolute Gasteiger partial charge is 0.391 e. The van der Waals surface area contributed by atoms with Crippen molar-refractivity contribution >= 4 is 28.6 Å². The zero-order valence-corrected chi connectivity index (χ0v) is 13.7. The number of halogens is 2. The molecule has 0 bridgehead atoms. The van der Waals surface area contributed by atoms with Crippen LogP contribution in [0.4, 0.5) is 0 Å². The van der Waals surface area contributed by atoms with E-state index in [4.69, 9.17) is 32.3 Å². The lowest BCUT2D eigenvalue weighted by Gasteiger charge is -2.17. The number of aromatic amines is 1. The number of aliphatic hydroxyl groups excluding tert-OH is 3. The van der Waals surface area contributed by atoms with Gasteiger partial charge in [-0.25, -0.2) is 4.79 Å². The predicted octanol–water partition coefficient (Wildman–Crippen LogP) is -0.750. The molecule has 1 fully saturated rings. The molecule has 0 spiro atoms. The highest BCUT2D eigenvalue weighted by molar-refractivity contribution is 8.05. The average molecular weight is 391 g/mol. The number of aliphatic hydroxyl groups is 3. The molecule has 23 heavy (non-hydrogen) atoms. The summed E-state index contributed by atoms with van der Waals surface area (Å²) >= 11 is 10.4. The van der Waals surface area contributed by atoms with Gasteiger partial charge in [-0.3, -0.25) is 18.9 Å². The van der Waals surface area contributed by atoms with E-state index < -0.39 is 55.1 Å². The summed E-state index contributed by atoms with van der Waals surface area (Å²) < 4.78 is 21.8. The van der Waals surface area contributed by atoms with Crippen LogP contribution in [-0.4, -0.2) is 49.8 Å². The molecule has 2 heterocycles. The molecule has 2 rings (SSSR count). The van der Waals surface area contributed by atoms with Crippen LogP contribution in [0.25, 0.3) is 0 Å². The summed E-state index contributed by atoms with van der Waals surface area (Å²) in [6.45, 7) is -1.14. The average Bonchev–Trinajstić information content (AvgIpc) is 2.73. The summed E-state index contributed by atoms with van der Waals surface area (Å²) in [5, 5.41) is 28.9. The lowest BCUT2D eigenvalue weighted by atomic mass is 10.1. The molecule has 1 aromatic rings.